The molecule has 0 saturated heterocycles. The van der Waals surface area contributed by atoms with Crippen LogP contribution in [0, 0.1) is 6.92 Å². The van der Waals surface area contributed by atoms with Crippen molar-refractivity contribution in [2.75, 3.05) is 77.1 Å². The van der Waals surface area contributed by atoms with Gasteiger partial charge in [0.15, 0.2) is 0 Å². The fourth-order valence-electron chi connectivity index (χ4n) is 3.72. The van der Waals surface area contributed by atoms with E-state index in [0.29, 0.717) is 76.7 Å². The number of halogens is 1. The Morgan fingerprint density at radius 1 is 0.902 bits per heavy atom. The average molecular weight is 587 g/mol. The van der Waals surface area contributed by atoms with Crippen LogP contribution in [0.2, 0.25) is 5.02 Å². The molecule has 0 radical (unpaired) electrons. The lowest BCUT2D eigenvalue weighted by Gasteiger charge is -2.13. The van der Waals surface area contributed by atoms with Crippen molar-refractivity contribution >= 4 is 35.0 Å². The number of carbonyl (C=O) groups is 1. The van der Waals surface area contributed by atoms with Crippen LogP contribution in [-0.2, 0) is 23.7 Å². The minimum atomic E-state index is -0.0419. The molecule has 0 aliphatic rings. The van der Waals surface area contributed by atoms with E-state index in [1.54, 1.807) is 19.5 Å². The van der Waals surface area contributed by atoms with Gasteiger partial charge in [-0.1, -0.05) is 17.7 Å². The third kappa shape index (κ3) is 12.4. The highest BCUT2D eigenvalue weighted by Crippen LogP contribution is 2.26. The summed E-state index contributed by atoms with van der Waals surface area (Å²) in [4.78, 5) is 25.5. The lowest BCUT2D eigenvalue weighted by atomic mass is 10.1. The second-order valence-corrected chi connectivity index (χ2v) is 9.38. The van der Waals surface area contributed by atoms with Gasteiger partial charge in [0.1, 0.15) is 5.82 Å². The van der Waals surface area contributed by atoms with Crippen molar-refractivity contribution in [3.05, 3.63) is 59.4 Å². The Labute approximate surface area is 246 Å². The first-order chi connectivity index (χ1) is 20.1. The van der Waals surface area contributed by atoms with Gasteiger partial charge in [-0.2, -0.15) is 0 Å². The Morgan fingerprint density at radius 2 is 1.63 bits per heavy atom. The zero-order valence-electron chi connectivity index (χ0n) is 23.7. The van der Waals surface area contributed by atoms with Crippen molar-refractivity contribution in [1.82, 2.24) is 20.3 Å². The van der Waals surface area contributed by atoms with Crippen molar-refractivity contribution in [2.45, 2.75) is 19.8 Å². The van der Waals surface area contributed by atoms with E-state index in [4.69, 9.17) is 30.5 Å². The van der Waals surface area contributed by atoms with Gasteiger partial charge in [-0.05, 0) is 43.7 Å². The zero-order chi connectivity index (χ0) is 29.1. The molecular weight excluding hydrogens is 548 g/mol. The highest BCUT2D eigenvalue weighted by Gasteiger charge is 2.10. The molecule has 0 saturated carbocycles. The summed E-state index contributed by atoms with van der Waals surface area (Å²) in [7, 11) is 1.63. The topological polar surface area (TPSA) is 129 Å². The molecule has 2 aromatic heterocycles. The molecule has 0 bridgehead atoms. The summed E-state index contributed by atoms with van der Waals surface area (Å²) >= 11 is 6.08. The van der Waals surface area contributed by atoms with Gasteiger partial charge in [0.2, 0.25) is 11.9 Å². The number of pyridine rings is 1. The molecule has 222 valence electrons. The van der Waals surface area contributed by atoms with E-state index in [9.17, 15) is 4.79 Å². The summed E-state index contributed by atoms with van der Waals surface area (Å²) in [6.07, 6.45) is 4.52. The lowest BCUT2D eigenvalue weighted by Crippen LogP contribution is -2.27. The first-order valence-corrected chi connectivity index (χ1v) is 14.0. The Kier molecular flexibility index (Phi) is 14.8. The van der Waals surface area contributed by atoms with Crippen LogP contribution in [0.5, 0.6) is 0 Å². The summed E-state index contributed by atoms with van der Waals surface area (Å²) in [6.45, 7) is 6.63. The molecular formula is C29H39ClN6O5. The number of ether oxygens (including phenoxy) is 4. The maximum Gasteiger partial charge on any atom is 0.227 e. The number of benzene rings is 1. The Hall–Kier alpha value is -3.35. The van der Waals surface area contributed by atoms with Crippen molar-refractivity contribution in [1.29, 1.82) is 0 Å². The van der Waals surface area contributed by atoms with Crippen molar-refractivity contribution in [2.24, 2.45) is 0 Å². The van der Waals surface area contributed by atoms with Gasteiger partial charge in [0, 0.05) is 60.9 Å². The number of hydrogen-bond donors (Lipinski definition) is 3. The first-order valence-electron chi connectivity index (χ1n) is 13.6. The van der Waals surface area contributed by atoms with E-state index >= 15 is 0 Å². The van der Waals surface area contributed by atoms with E-state index < -0.39 is 0 Å². The average Bonchev–Trinajstić information content (AvgIpc) is 2.96. The number of nitrogens with zero attached hydrogens (tertiary/aromatic N) is 3. The smallest absolute Gasteiger partial charge is 0.227 e. The van der Waals surface area contributed by atoms with Crippen molar-refractivity contribution < 1.29 is 23.7 Å². The Balaban J connectivity index is 1.31. The normalized spacial score (nSPS) is 10.9. The molecule has 1 amide bonds. The SMILES string of the molecule is COCCOCCOCCOCCC(=O)NCCCNc1nccc(-c2ccnc(Nc3cccc(Cl)c3)n2)c1C. The second kappa shape index (κ2) is 18.9. The van der Waals surface area contributed by atoms with Gasteiger partial charge in [-0.25, -0.2) is 15.0 Å². The van der Waals surface area contributed by atoms with Gasteiger partial charge in [0.05, 0.1) is 51.9 Å². The summed E-state index contributed by atoms with van der Waals surface area (Å²) in [5, 5.41) is 10.1. The van der Waals surface area contributed by atoms with E-state index in [1.165, 1.54) is 0 Å². The predicted octanol–water partition coefficient (Wildman–Crippen LogP) is 4.25. The van der Waals surface area contributed by atoms with Gasteiger partial charge in [0.25, 0.3) is 0 Å². The summed E-state index contributed by atoms with van der Waals surface area (Å²) in [5.74, 6) is 1.21. The number of carbonyl (C=O) groups excluding carboxylic acids is 1. The van der Waals surface area contributed by atoms with Crippen LogP contribution in [0.15, 0.2) is 48.8 Å². The Morgan fingerprint density at radius 3 is 2.39 bits per heavy atom. The van der Waals surface area contributed by atoms with Crippen molar-refractivity contribution in [3.63, 3.8) is 0 Å². The molecule has 41 heavy (non-hydrogen) atoms. The van der Waals surface area contributed by atoms with Crippen LogP contribution < -0.4 is 16.0 Å². The number of rotatable bonds is 20. The van der Waals surface area contributed by atoms with Crippen LogP contribution in [0.3, 0.4) is 0 Å². The minimum absolute atomic E-state index is 0.0419. The number of nitrogens with one attached hydrogen (secondary N) is 3. The van der Waals surface area contributed by atoms with E-state index in [-0.39, 0.29) is 5.91 Å². The number of amides is 1. The maximum absolute atomic E-state index is 12.0. The van der Waals surface area contributed by atoms with Gasteiger partial charge >= 0.3 is 0 Å². The van der Waals surface area contributed by atoms with Crippen molar-refractivity contribution in [3.8, 4) is 11.3 Å². The van der Waals surface area contributed by atoms with Crippen LogP contribution >= 0.6 is 11.6 Å². The molecule has 0 fully saturated rings. The highest BCUT2D eigenvalue weighted by molar-refractivity contribution is 6.30. The molecule has 12 heteroatoms. The first kappa shape index (κ1) is 32.2. The largest absolute Gasteiger partial charge is 0.382 e. The molecule has 3 aromatic rings. The molecule has 0 unspecified atom stereocenters. The molecule has 11 nitrogen and oxygen atoms in total. The van der Waals surface area contributed by atoms with E-state index in [0.717, 1.165) is 34.7 Å². The molecule has 1 aromatic carbocycles. The standard InChI is InChI=1S/C29H39ClN6O5/c1-22-25(26-8-13-34-29(36-26)35-24-6-3-5-23(30)21-24)7-12-33-28(22)32-11-4-10-31-27(37)9-14-39-17-18-41-20-19-40-16-15-38-2/h3,5-8,12-13,21H,4,9-11,14-20H2,1-2H3,(H,31,37)(H,32,33)(H,34,35,36). The maximum atomic E-state index is 12.0. The number of methoxy groups -OCH3 is 1. The predicted molar refractivity (Wildman–Crippen MR) is 160 cm³/mol. The monoisotopic (exact) mass is 586 g/mol. The van der Waals surface area contributed by atoms with E-state index in [1.807, 2.05) is 43.3 Å². The third-order valence-electron chi connectivity index (χ3n) is 5.83. The summed E-state index contributed by atoms with van der Waals surface area (Å²) in [5.41, 5.74) is 3.52. The number of hydrogen-bond acceptors (Lipinski definition) is 10. The molecule has 3 rings (SSSR count). The number of aromatic nitrogens is 3. The van der Waals surface area contributed by atoms with Crippen LogP contribution in [0.25, 0.3) is 11.3 Å². The molecule has 0 aliphatic heterocycles. The molecule has 0 atom stereocenters. The fraction of sp³-hybridized carbons (Fsp3) is 0.448. The summed E-state index contributed by atoms with van der Waals surface area (Å²) in [6, 6.07) is 11.2. The van der Waals surface area contributed by atoms with Crippen LogP contribution in [0.4, 0.5) is 17.5 Å². The zero-order valence-corrected chi connectivity index (χ0v) is 24.4. The quantitative estimate of drug-likeness (QED) is 0.165. The Bertz CT molecular complexity index is 1200. The third-order valence-corrected chi connectivity index (χ3v) is 6.07. The fourth-order valence-corrected chi connectivity index (χ4v) is 3.91. The minimum Gasteiger partial charge on any atom is -0.382 e. The van der Waals surface area contributed by atoms with Crippen LogP contribution in [-0.4, -0.2) is 87.3 Å². The van der Waals surface area contributed by atoms with Crippen LogP contribution in [0.1, 0.15) is 18.4 Å². The van der Waals surface area contributed by atoms with Gasteiger partial charge in [-0.15, -0.1) is 0 Å². The molecule has 0 spiro atoms. The van der Waals surface area contributed by atoms with Gasteiger partial charge in [-0.3, -0.25) is 4.79 Å². The van der Waals surface area contributed by atoms with E-state index in [2.05, 4.69) is 30.9 Å². The molecule has 0 aliphatic carbocycles. The van der Waals surface area contributed by atoms with Gasteiger partial charge < -0.3 is 34.9 Å². The molecule has 2 heterocycles. The highest BCUT2D eigenvalue weighted by atomic mass is 35.5. The number of anilines is 3. The second-order valence-electron chi connectivity index (χ2n) is 8.94. The lowest BCUT2D eigenvalue weighted by molar-refractivity contribution is -0.122. The summed E-state index contributed by atoms with van der Waals surface area (Å²) < 4.78 is 21.1. The molecule has 3 N–H and O–H groups in total.